The van der Waals surface area contributed by atoms with Crippen LogP contribution < -0.4 is 10.1 Å². The number of halogens is 2. The van der Waals surface area contributed by atoms with Crippen LogP contribution in [0, 0.1) is 0 Å². The van der Waals surface area contributed by atoms with Crippen molar-refractivity contribution in [2.24, 2.45) is 0 Å². The molecule has 0 saturated heterocycles. The highest BCUT2D eigenvalue weighted by atomic mass is 32.1. The number of hydrogen-bond donors (Lipinski definition) is 1. The second-order valence-corrected chi connectivity index (χ2v) is 5.95. The fraction of sp³-hybridized carbons (Fsp3) is 0.200. The molecule has 1 N–H and O–H groups in total. The highest BCUT2D eigenvalue weighted by Gasteiger charge is 2.18. The van der Waals surface area contributed by atoms with Gasteiger partial charge < -0.3 is 10.1 Å². The van der Waals surface area contributed by atoms with Gasteiger partial charge in [-0.25, -0.2) is 0 Å². The molecule has 1 atom stereocenters. The van der Waals surface area contributed by atoms with Gasteiger partial charge in [0.25, 0.3) is 5.91 Å². The van der Waals surface area contributed by atoms with Gasteiger partial charge in [0.2, 0.25) is 0 Å². The lowest BCUT2D eigenvalue weighted by Gasteiger charge is -2.15. The molecule has 2 heterocycles. The molecule has 10 heteroatoms. The third kappa shape index (κ3) is 3.97. The van der Waals surface area contributed by atoms with Crippen LogP contribution in [0.4, 0.5) is 8.78 Å². The quantitative estimate of drug-likeness (QED) is 0.726. The number of amides is 1. The van der Waals surface area contributed by atoms with Crippen molar-refractivity contribution < 1.29 is 18.3 Å². The molecule has 3 aromatic rings. The number of nitrogens with zero attached hydrogens (tertiary/aromatic N) is 4. The maximum Gasteiger partial charge on any atom is 0.387 e. The predicted octanol–water partition coefficient (Wildman–Crippen LogP) is 2.82. The molecule has 0 aliphatic carbocycles. The summed E-state index contributed by atoms with van der Waals surface area (Å²) < 4.78 is 30.1. The summed E-state index contributed by atoms with van der Waals surface area (Å²) in [5, 5.41) is 15.5. The van der Waals surface area contributed by atoms with Crippen LogP contribution in [-0.2, 0) is 0 Å². The Hall–Kier alpha value is -2.88. The molecule has 25 heavy (non-hydrogen) atoms. The summed E-state index contributed by atoms with van der Waals surface area (Å²) in [6.45, 7) is -1.07. The van der Waals surface area contributed by atoms with E-state index in [1.807, 2.05) is 0 Å². The first kappa shape index (κ1) is 17.0. The van der Waals surface area contributed by atoms with Crippen molar-refractivity contribution in [1.29, 1.82) is 0 Å². The highest BCUT2D eigenvalue weighted by molar-refractivity contribution is 7.12. The maximum absolute atomic E-state index is 12.5. The molecule has 2 aromatic heterocycles. The third-order valence-corrected chi connectivity index (χ3v) is 4.30. The second-order valence-electron chi connectivity index (χ2n) is 5.03. The number of thiophene rings is 1. The smallest absolute Gasteiger partial charge is 0.387 e. The summed E-state index contributed by atoms with van der Waals surface area (Å²) in [5.74, 6) is -0.211. The second kappa shape index (κ2) is 7.34. The predicted molar refractivity (Wildman–Crippen MR) is 86.0 cm³/mol. The van der Waals surface area contributed by atoms with Crippen LogP contribution in [0.2, 0.25) is 0 Å². The molecule has 3 rings (SSSR count). The molecule has 1 aromatic carbocycles. The molecule has 0 spiro atoms. The number of aromatic nitrogens is 4. The number of benzene rings is 1. The fourth-order valence-corrected chi connectivity index (χ4v) is 2.99. The van der Waals surface area contributed by atoms with E-state index in [4.69, 9.17) is 0 Å². The maximum atomic E-state index is 12.5. The van der Waals surface area contributed by atoms with E-state index >= 15 is 0 Å². The van der Waals surface area contributed by atoms with Crippen molar-refractivity contribution in [3.63, 3.8) is 0 Å². The lowest BCUT2D eigenvalue weighted by molar-refractivity contribution is -0.0498. The van der Waals surface area contributed by atoms with Crippen molar-refractivity contribution >= 4 is 17.2 Å². The minimum atomic E-state index is -2.87. The zero-order valence-electron chi connectivity index (χ0n) is 13.0. The summed E-state index contributed by atoms with van der Waals surface area (Å²) in [7, 11) is 0. The van der Waals surface area contributed by atoms with Gasteiger partial charge in [-0.05, 0) is 46.5 Å². The van der Waals surface area contributed by atoms with Crippen LogP contribution in [0.15, 0.2) is 42.0 Å². The van der Waals surface area contributed by atoms with Gasteiger partial charge in [-0.3, -0.25) is 4.79 Å². The number of carbonyl (C=O) groups is 1. The van der Waals surface area contributed by atoms with E-state index in [0.29, 0.717) is 10.6 Å². The largest absolute Gasteiger partial charge is 0.435 e. The minimum absolute atomic E-state index is 0.0662. The van der Waals surface area contributed by atoms with Crippen LogP contribution >= 0.6 is 11.3 Å². The fourth-order valence-electron chi connectivity index (χ4n) is 2.21. The van der Waals surface area contributed by atoms with Crippen molar-refractivity contribution in [2.45, 2.75) is 19.6 Å². The Bertz CT molecular complexity index is 836. The molecule has 0 bridgehead atoms. The normalized spacial score (nSPS) is 12.2. The molecule has 0 aliphatic heterocycles. The van der Waals surface area contributed by atoms with Gasteiger partial charge in [0.1, 0.15) is 17.0 Å². The van der Waals surface area contributed by atoms with E-state index in [-0.39, 0.29) is 17.7 Å². The van der Waals surface area contributed by atoms with Crippen molar-refractivity contribution in [1.82, 2.24) is 25.5 Å². The van der Waals surface area contributed by atoms with E-state index < -0.39 is 6.61 Å². The number of tetrazole rings is 1. The molecule has 130 valence electrons. The topological polar surface area (TPSA) is 81.9 Å². The van der Waals surface area contributed by atoms with Crippen LogP contribution in [0.3, 0.4) is 0 Å². The number of alkyl halides is 2. The Morgan fingerprint density at radius 1 is 1.28 bits per heavy atom. The van der Waals surface area contributed by atoms with Gasteiger partial charge in [-0.15, -0.1) is 16.4 Å². The number of ether oxygens (including phenoxy) is 1. The summed E-state index contributed by atoms with van der Waals surface area (Å²) >= 11 is 1.27. The van der Waals surface area contributed by atoms with Gasteiger partial charge in [0, 0.05) is 0 Å². The lowest BCUT2D eigenvalue weighted by atomic mass is 10.1. The third-order valence-electron chi connectivity index (χ3n) is 3.40. The molecule has 1 amide bonds. The van der Waals surface area contributed by atoms with E-state index in [9.17, 15) is 13.6 Å². The van der Waals surface area contributed by atoms with Gasteiger partial charge in [-0.2, -0.15) is 13.5 Å². The Labute approximate surface area is 145 Å². The summed E-state index contributed by atoms with van der Waals surface area (Å²) in [6.07, 6.45) is 1.41. The Morgan fingerprint density at radius 3 is 2.68 bits per heavy atom. The van der Waals surface area contributed by atoms with Gasteiger partial charge >= 0.3 is 6.61 Å². The van der Waals surface area contributed by atoms with Crippen LogP contribution in [0.25, 0.3) is 5.69 Å². The zero-order chi connectivity index (χ0) is 17.8. The Balaban J connectivity index is 1.70. The Morgan fingerprint density at radius 2 is 2.04 bits per heavy atom. The van der Waals surface area contributed by atoms with Crippen LogP contribution in [-0.4, -0.2) is 32.7 Å². The first-order valence-corrected chi connectivity index (χ1v) is 8.09. The van der Waals surface area contributed by atoms with Crippen LogP contribution in [0.1, 0.15) is 28.2 Å². The van der Waals surface area contributed by atoms with Gasteiger partial charge in [0.05, 0.1) is 11.7 Å². The van der Waals surface area contributed by atoms with Crippen molar-refractivity contribution in [3.8, 4) is 11.4 Å². The first-order valence-electron chi connectivity index (χ1n) is 7.21. The van der Waals surface area contributed by atoms with Crippen molar-refractivity contribution in [2.75, 3.05) is 0 Å². The standard InChI is InChI=1S/C15H13F2N5O2S/c1-9(10-2-4-11(5-3-10)24-15(16)17)19-14(23)13-12(6-7-25-13)22-8-18-20-21-22/h2-9,15H,1H3,(H,19,23)/t9-/m0/s1. The summed E-state index contributed by atoms with van der Waals surface area (Å²) in [6, 6.07) is 7.54. The number of rotatable bonds is 6. The molecule has 0 radical (unpaired) electrons. The zero-order valence-corrected chi connectivity index (χ0v) is 13.8. The SMILES string of the molecule is C[C@H](NC(=O)c1sccc1-n1cnnn1)c1ccc(OC(F)F)cc1. The highest BCUT2D eigenvalue weighted by Crippen LogP contribution is 2.23. The molecule has 0 unspecified atom stereocenters. The van der Waals surface area contributed by atoms with Gasteiger partial charge in [-0.1, -0.05) is 12.1 Å². The van der Waals surface area contributed by atoms with Crippen molar-refractivity contribution in [3.05, 3.63) is 52.5 Å². The van der Waals surface area contributed by atoms with E-state index in [2.05, 4.69) is 25.6 Å². The summed E-state index contributed by atoms with van der Waals surface area (Å²) in [5.41, 5.74) is 1.34. The first-order chi connectivity index (χ1) is 12.0. The average Bonchev–Trinajstić information content (AvgIpc) is 3.26. The Kier molecular flexibility index (Phi) is 4.98. The minimum Gasteiger partial charge on any atom is -0.435 e. The van der Waals surface area contributed by atoms with Gasteiger partial charge in [0.15, 0.2) is 0 Å². The van der Waals surface area contributed by atoms with E-state index in [0.717, 1.165) is 5.56 Å². The number of carbonyl (C=O) groups excluding carboxylic acids is 1. The van der Waals surface area contributed by atoms with E-state index in [1.165, 1.54) is 34.5 Å². The average molecular weight is 365 g/mol. The molecule has 7 nitrogen and oxygen atoms in total. The summed E-state index contributed by atoms with van der Waals surface area (Å²) in [4.78, 5) is 13.0. The molecule has 0 fully saturated rings. The molecule has 0 saturated carbocycles. The van der Waals surface area contributed by atoms with Crippen LogP contribution in [0.5, 0.6) is 5.75 Å². The monoisotopic (exact) mass is 365 g/mol. The number of hydrogen-bond acceptors (Lipinski definition) is 6. The molecular weight excluding hydrogens is 352 g/mol. The number of nitrogens with one attached hydrogen (secondary N) is 1. The molecule has 0 aliphatic rings. The lowest BCUT2D eigenvalue weighted by Crippen LogP contribution is -2.26. The molecular formula is C15H13F2N5O2S. The van der Waals surface area contributed by atoms with E-state index in [1.54, 1.807) is 30.5 Å².